The van der Waals surface area contributed by atoms with Gasteiger partial charge in [0.1, 0.15) is 6.10 Å². The summed E-state index contributed by atoms with van der Waals surface area (Å²) in [5.74, 6) is 1.07. The molecule has 0 spiro atoms. The SMILES string of the molecule is O=C(O[C@H]1C=C[C@@H]2C=C[C@H]3C=C[C@H]1[C@@H]32)c1ccc([N+](=O)[O-])cc1. The van der Waals surface area contributed by atoms with Crippen LogP contribution in [0.5, 0.6) is 0 Å². The van der Waals surface area contributed by atoms with Crippen molar-refractivity contribution in [3.05, 3.63) is 76.4 Å². The highest BCUT2D eigenvalue weighted by atomic mass is 16.6. The summed E-state index contributed by atoms with van der Waals surface area (Å²) in [5.41, 5.74) is 0.287. The molecular weight excluding hydrogens is 294 g/mol. The molecule has 0 saturated carbocycles. The summed E-state index contributed by atoms with van der Waals surface area (Å²) in [6, 6.07) is 5.49. The lowest BCUT2D eigenvalue weighted by atomic mass is 9.76. The van der Waals surface area contributed by atoms with E-state index in [0.29, 0.717) is 23.3 Å². The van der Waals surface area contributed by atoms with Crippen molar-refractivity contribution in [2.75, 3.05) is 0 Å². The van der Waals surface area contributed by atoms with Crippen LogP contribution in [0.3, 0.4) is 0 Å². The quantitative estimate of drug-likeness (QED) is 0.372. The summed E-state index contributed by atoms with van der Waals surface area (Å²) >= 11 is 0. The third-order valence-electron chi connectivity index (χ3n) is 4.90. The predicted molar refractivity (Wildman–Crippen MR) is 83.7 cm³/mol. The molecule has 0 saturated heterocycles. The van der Waals surface area contributed by atoms with Gasteiger partial charge >= 0.3 is 5.97 Å². The molecule has 5 atom stereocenters. The van der Waals surface area contributed by atoms with Crippen molar-refractivity contribution < 1.29 is 14.5 Å². The molecule has 1 aromatic rings. The first-order chi connectivity index (χ1) is 11.1. The van der Waals surface area contributed by atoms with Crippen LogP contribution in [0.1, 0.15) is 10.4 Å². The zero-order valence-corrected chi connectivity index (χ0v) is 12.2. The molecule has 0 heterocycles. The Bertz CT molecular complexity index is 747. The van der Waals surface area contributed by atoms with Crippen LogP contribution in [0.2, 0.25) is 0 Å². The zero-order valence-electron chi connectivity index (χ0n) is 12.2. The summed E-state index contributed by atoms with van der Waals surface area (Å²) in [5, 5.41) is 10.7. The van der Waals surface area contributed by atoms with Gasteiger partial charge in [0, 0.05) is 18.1 Å². The Labute approximate surface area is 133 Å². The zero-order chi connectivity index (χ0) is 16.0. The number of esters is 1. The Morgan fingerprint density at radius 2 is 1.57 bits per heavy atom. The fraction of sp³-hybridized carbons (Fsp3) is 0.278. The van der Waals surface area contributed by atoms with Gasteiger partial charge < -0.3 is 4.74 Å². The van der Waals surface area contributed by atoms with E-state index in [4.69, 9.17) is 4.74 Å². The Morgan fingerprint density at radius 3 is 2.22 bits per heavy atom. The minimum atomic E-state index is -0.490. The van der Waals surface area contributed by atoms with Crippen LogP contribution in [0.15, 0.2) is 60.7 Å². The molecule has 5 nitrogen and oxygen atoms in total. The number of carbonyl (C=O) groups is 1. The molecule has 3 aliphatic carbocycles. The molecule has 0 bridgehead atoms. The number of non-ortho nitro benzene ring substituents is 1. The van der Waals surface area contributed by atoms with Crippen LogP contribution < -0.4 is 0 Å². The number of rotatable bonds is 3. The van der Waals surface area contributed by atoms with Crippen LogP contribution in [0, 0.1) is 33.8 Å². The van der Waals surface area contributed by atoms with Crippen LogP contribution in [-0.4, -0.2) is 17.0 Å². The first-order valence-electron chi connectivity index (χ1n) is 7.64. The molecule has 23 heavy (non-hydrogen) atoms. The molecule has 3 aliphatic rings. The summed E-state index contributed by atoms with van der Waals surface area (Å²) in [6.45, 7) is 0. The average Bonchev–Trinajstić information content (AvgIpc) is 3.16. The van der Waals surface area contributed by atoms with Gasteiger partial charge in [-0.3, -0.25) is 10.1 Å². The minimum absolute atomic E-state index is 0.0412. The normalized spacial score (nSPS) is 32.8. The lowest BCUT2D eigenvalue weighted by molar-refractivity contribution is -0.384. The predicted octanol–water partition coefficient (Wildman–Crippen LogP) is 3.29. The highest BCUT2D eigenvalue weighted by Gasteiger charge is 2.44. The van der Waals surface area contributed by atoms with Crippen molar-refractivity contribution >= 4 is 11.7 Å². The van der Waals surface area contributed by atoms with Gasteiger partial charge in [0.2, 0.25) is 0 Å². The van der Waals surface area contributed by atoms with Crippen LogP contribution in [0.25, 0.3) is 0 Å². The van der Waals surface area contributed by atoms with E-state index in [1.165, 1.54) is 24.3 Å². The Kier molecular flexibility index (Phi) is 3.15. The first kappa shape index (κ1) is 13.9. The van der Waals surface area contributed by atoms with E-state index in [2.05, 4.69) is 30.4 Å². The van der Waals surface area contributed by atoms with E-state index >= 15 is 0 Å². The van der Waals surface area contributed by atoms with Gasteiger partial charge in [-0.2, -0.15) is 0 Å². The number of hydrogen-bond acceptors (Lipinski definition) is 4. The second kappa shape index (κ2) is 5.19. The maximum absolute atomic E-state index is 12.3. The van der Waals surface area contributed by atoms with E-state index in [1.807, 2.05) is 6.08 Å². The van der Waals surface area contributed by atoms with E-state index < -0.39 is 10.9 Å². The number of nitro groups is 1. The molecule has 0 amide bonds. The number of nitro benzene ring substituents is 1. The van der Waals surface area contributed by atoms with Crippen molar-refractivity contribution in [3.63, 3.8) is 0 Å². The van der Waals surface area contributed by atoms with E-state index in [9.17, 15) is 14.9 Å². The standard InChI is InChI=1S/C18H15NO4/c20-18(13-3-7-14(8-4-13)19(21)22)23-16-10-6-12-2-1-11-5-9-15(16)17(11)12/h1-12,15-17H/t11-,12-,15+,16-,17-/m0/s1. The number of benzene rings is 1. The molecule has 0 radical (unpaired) electrons. The summed E-state index contributed by atoms with van der Waals surface area (Å²) in [4.78, 5) is 22.5. The van der Waals surface area contributed by atoms with Gasteiger partial charge in [-0.25, -0.2) is 4.79 Å². The fourth-order valence-corrected chi connectivity index (χ4v) is 3.78. The van der Waals surface area contributed by atoms with E-state index in [-0.39, 0.29) is 17.7 Å². The second-order valence-corrected chi connectivity index (χ2v) is 6.14. The number of nitrogens with zero attached hydrogens (tertiary/aromatic N) is 1. The molecule has 0 N–H and O–H groups in total. The molecule has 1 aromatic carbocycles. The smallest absolute Gasteiger partial charge is 0.338 e. The lowest BCUT2D eigenvalue weighted by Gasteiger charge is -2.33. The number of allylic oxidation sites excluding steroid dienone is 4. The fourth-order valence-electron chi connectivity index (χ4n) is 3.78. The molecule has 116 valence electrons. The van der Waals surface area contributed by atoms with Crippen molar-refractivity contribution in [2.45, 2.75) is 6.10 Å². The van der Waals surface area contributed by atoms with Crippen molar-refractivity contribution in [1.82, 2.24) is 0 Å². The van der Waals surface area contributed by atoms with E-state index in [1.54, 1.807) is 0 Å². The Hall–Kier alpha value is -2.69. The molecule has 0 fully saturated rings. The molecule has 5 heteroatoms. The topological polar surface area (TPSA) is 69.4 Å². The van der Waals surface area contributed by atoms with Crippen LogP contribution >= 0.6 is 0 Å². The van der Waals surface area contributed by atoms with Crippen LogP contribution in [-0.2, 0) is 4.74 Å². The Balaban J connectivity index is 1.50. The van der Waals surface area contributed by atoms with Gasteiger partial charge in [-0.05, 0) is 36.0 Å². The Morgan fingerprint density at radius 1 is 0.957 bits per heavy atom. The monoisotopic (exact) mass is 309 g/mol. The number of hydrogen-bond donors (Lipinski definition) is 0. The van der Waals surface area contributed by atoms with Crippen LogP contribution in [0.4, 0.5) is 5.69 Å². The third kappa shape index (κ3) is 2.29. The first-order valence-corrected chi connectivity index (χ1v) is 7.64. The highest BCUT2D eigenvalue weighted by molar-refractivity contribution is 5.89. The van der Waals surface area contributed by atoms with Gasteiger partial charge in [0.05, 0.1) is 10.5 Å². The second-order valence-electron chi connectivity index (χ2n) is 6.14. The lowest BCUT2D eigenvalue weighted by Crippen LogP contribution is -2.34. The summed E-state index contributed by atoms with van der Waals surface area (Å²) in [7, 11) is 0. The highest BCUT2D eigenvalue weighted by Crippen LogP contribution is 2.47. The maximum Gasteiger partial charge on any atom is 0.338 e. The number of carbonyl (C=O) groups excluding carboxylic acids is 1. The summed E-state index contributed by atoms with van der Waals surface area (Å²) < 4.78 is 5.64. The van der Waals surface area contributed by atoms with Gasteiger partial charge in [-0.15, -0.1) is 0 Å². The van der Waals surface area contributed by atoms with Gasteiger partial charge in [0.15, 0.2) is 0 Å². The molecule has 0 aromatic heterocycles. The molecule has 0 unspecified atom stereocenters. The molecule has 0 aliphatic heterocycles. The van der Waals surface area contributed by atoms with Crippen molar-refractivity contribution in [3.8, 4) is 0 Å². The maximum atomic E-state index is 12.3. The number of ether oxygens (including phenoxy) is 1. The van der Waals surface area contributed by atoms with Crippen molar-refractivity contribution in [1.29, 1.82) is 0 Å². The van der Waals surface area contributed by atoms with Crippen molar-refractivity contribution in [2.24, 2.45) is 23.7 Å². The largest absolute Gasteiger partial charge is 0.454 e. The van der Waals surface area contributed by atoms with Gasteiger partial charge in [0.25, 0.3) is 5.69 Å². The minimum Gasteiger partial charge on any atom is -0.454 e. The average molecular weight is 309 g/mol. The van der Waals surface area contributed by atoms with E-state index in [0.717, 1.165) is 0 Å². The third-order valence-corrected chi connectivity index (χ3v) is 4.90. The molecular formula is C18H15NO4. The summed E-state index contributed by atoms with van der Waals surface area (Å²) in [6.07, 6.45) is 12.6. The van der Waals surface area contributed by atoms with Gasteiger partial charge in [-0.1, -0.05) is 30.4 Å². The molecule has 4 rings (SSSR count).